The molecule has 0 saturated carbocycles. The number of pyridine rings is 1. The van der Waals surface area contributed by atoms with Crippen molar-refractivity contribution in [2.75, 3.05) is 6.61 Å². The lowest BCUT2D eigenvalue weighted by Gasteiger charge is -2.20. The molecule has 0 fully saturated rings. The molecule has 0 radical (unpaired) electrons. The van der Waals surface area contributed by atoms with Gasteiger partial charge in [-0.05, 0) is 60.4 Å². The Balaban J connectivity index is 1.82. The van der Waals surface area contributed by atoms with Crippen LogP contribution in [0.3, 0.4) is 0 Å². The van der Waals surface area contributed by atoms with Gasteiger partial charge in [0.1, 0.15) is 5.75 Å². The summed E-state index contributed by atoms with van der Waals surface area (Å²) in [6, 6.07) is 15.2. The number of nitrogens with one attached hydrogen (secondary N) is 1. The predicted molar refractivity (Wildman–Crippen MR) is 131 cm³/mol. The third-order valence-electron chi connectivity index (χ3n) is 5.39. The number of aromatic nitrogens is 1. The molecule has 2 aromatic carbocycles. The van der Waals surface area contributed by atoms with E-state index in [-0.39, 0.29) is 4.90 Å². The maximum absolute atomic E-state index is 13.2. The summed E-state index contributed by atoms with van der Waals surface area (Å²) in [7, 11) is -3.79. The van der Waals surface area contributed by atoms with Crippen LogP contribution in [0, 0.1) is 6.92 Å². The minimum Gasteiger partial charge on any atom is -0.482 e. The van der Waals surface area contributed by atoms with Crippen molar-refractivity contribution in [3.63, 3.8) is 0 Å². The van der Waals surface area contributed by atoms with Crippen molar-refractivity contribution in [3.8, 4) is 16.9 Å². The molecule has 34 heavy (non-hydrogen) atoms. The quantitative estimate of drug-likeness (QED) is 0.347. The number of nitrogens with zero attached hydrogens (tertiary/aromatic N) is 1. The van der Waals surface area contributed by atoms with E-state index < -0.39 is 28.6 Å². The number of hydrogen-bond acceptors (Lipinski definition) is 5. The molecule has 1 heterocycles. The molecule has 8 heteroatoms. The number of carboxylic acid groups (broad SMARTS) is 1. The van der Waals surface area contributed by atoms with E-state index in [1.54, 1.807) is 54.9 Å². The number of sulfonamides is 1. The van der Waals surface area contributed by atoms with Crippen molar-refractivity contribution in [1.29, 1.82) is 0 Å². The Hall–Kier alpha value is -3.23. The molecule has 0 saturated heterocycles. The molecule has 0 bridgehead atoms. The zero-order valence-corrected chi connectivity index (χ0v) is 20.2. The van der Waals surface area contributed by atoms with E-state index >= 15 is 0 Å². The summed E-state index contributed by atoms with van der Waals surface area (Å²) < 4.78 is 34.5. The number of unbranched alkanes of at least 4 members (excludes halogenated alkanes) is 2. The molecule has 2 N–H and O–H groups in total. The van der Waals surface area contributed by atoms with Gasteiger partial charge in [0.2, 0.25) is 10.0 Å². The van der Waals surface area contributed by atoms with E-state index in [0.29, 0.717) is 12.2 Å². The highest BCUT2D eigenvalue weighted by molar-refractivity contribution is 7.89. The number of aliphatic carboxylic acids is 1. The van der Waals surface area contributed by atoms with Gasteiger partial charge in [-0.3, -0.25) is 4.98 Å². The molecule has 0 aliphatic carbocycles. The van der Waals surface area contributed by atoms with Gasteiger partial charge in [-0.2, -0.15) is 0 Å². The average Bonchev–Trinajstić information content (AvgIpc) is 2.82. The number of benzene rings is 2. The second kappa shape index (κ2) is 11.8. The van der Waals surface area contributed by atoms with Crippen molar-refractivity contribution < 1.29 is 23.1 Å². The first kappa shape index (κ1) is 25.4. The molecule has 0 amide bonds. The fraction of sp³-hybridized carbons (Fsp3) is 0.308. The molecule has 1 atom stereocenters. The van der Waals surface area contributed by atoms with E-state index in [1.807, 2.05) is 19.1 Å². The standard InChI is InChI=1S/C26H30N2O5S/c1-3-4-5-9-25(21-7-6-8-23(15-21)33-18-26(29)30)28-34(31,32)24-12-10-20(11-13-24)22-14-19(2)16-27-17-22/h6-8,10-17,25,28H,3-5,9,18H2,1-2H3,(H,29,30). The zero-order valence-electron chi connectivity index (χ0n) is 19.4. The Bertz CT molecular complexity index is 1210. The number of hydrogen-bond donors (Lipinski definition) is 2. The molecule has 3 rings (SSSR count). The summed E-state index contributed by atoms with van der Waals surface area (Å²) in [6.45, 7) is 3.59. The number of aryl methyl sites for hydroxylation is 1. The molecular weight excluding hydrogens is 452 g/mol. The predicted octanol–water partition coefficient (Wildman–Crippen LogP) is 5.12. The maximum atomic E-state index is 13.2. The lowest BCUT2D eigenvalue weighted by atomic mass is 10.0. The van der Waals surface area contributed by atoms with Gasteiger partial charge in [0.25, 0.3) is 0 Å². The fourth-order valence-corrected chi connectivity index (χ4v) is 4.91. The molecule has 0 spiro atoms. The van der Waals surface area contributed by atoms with Crippen molar-refractivity contribution >= 4 is 16.0 Å². The molecule has 0 aliphatic heterocycles. The molecule has 0 aliphatic rings. The highest BCUT2D eigenvalue weighted by Gasteiger charge is 2.22. The van der Waals surface area contributed by atoms with Gasteiger partial charge in [0.05, 0.1) is 4.90 Å². The van der Waals surface area contributed by atoms with Crippen LogP contribution in [-0.4, -0.2) is 31.1 Å². The Labute approximate surface area is 200 Å². The Morgan fingerprint density at radius 2 is 1.82 bits per heavy atom. The van der Waals surface area contributed by atoms with E-state index in [4.69, 9.17) is 9.84 Å². The molecule has 180 valence electrons. The smallest absolute Gasteiger partial charge is 0.341 e. The Morgan fingerprint density at radius 3 is 2.50 bits per heavy atom. The minimum atomic E-state index is -3.79. The number of ether oxygens (including phenoxy) is 1. The zero-order chi connectivity index (χ0) is 24.6. The minimum absolute atomic E-state index is 0.177. The van der Waals surface area contributed by atoms with E-state index in [1.165, 1.54) is 0 Å². The molecular formula is C26H30N2O5S. The Morgan fingerprint density at radius 1 is 1.06 bits per heavy atom. The van der Waals surface area contributed by atoms with Crippen molar-refractivity contribution in [2.45, 2.75) is 50.5 Å². The summed E-state index contributed by atoms with van der Waals surface area (Å²) in [5.41, 5.74) is 3.57. The highest BCUT2D eigenvalue weighted by atomic mass is 32.2. The first-order valence-electron chi connectivity index (χ1n) is 11.3. The van der Waals surface area contributed by atoms with Gasteiger partial charge in [-0.1, -0.05) is 50.5 Å². The molecule has 1 unspecified atom stereocenters. The van der Waals surface area contributed by atoms with Crippen molar-refractivity contribution in [3.05, 3.63) is 78.1 Å². The van der Waals surface area contributed by atoms with E-state index in [2.05, 4.69) is 16.6 Å². The van der Waals surface area contributed by atoms with Crippen LogP contribution in [0.5, 0.6) is 5.75 Å². The highest BCUT2D eigenvalue weighted by Crippen LogP contribution is 2.27. The Kier molecular flexibility index (Phi) is 8.79. The summed E-state index contributed by atoms with van der Waals surface area (Å²) in [6.07, 6.45) is 6.97. The fourth-order valence-electron chi connectivity index (χ4n) is 3.65. The molecule has 1 aromatic heterocycles. The van der Waals surface area contributed by atoms with E-state index in [0.717, 1.165) is 41.5 Å². The van der Waals surface area contributed by atoms with E-state index in [9.17, 15) is 13.2 Å². The third kappa shape index (κ3) is 7.13. The summed E-state index contributed by atoms with van der Waals surface area (Å²) >= 11 is 0. The van der Waals surface area contributed by atoms with Crippen LogP contribution >= 0.6 is 0 Å². The second-order valence-electron chi connectivity index (χ2n) is 8.20. The lowest BCUT2D eigenvalue weighted by molar-refractivity contribution is -0.139. The lowest BCUT2D eigenvalue weighted by Crippen LogP contribution is -2.28. The van der Waals surface area contributed by atoms with Crippen LogP contribution < -0.4 is 9.46 Å². The average molecular weight is 483 g/mol. The largest absolute Gasteiger partial charge is 0.482 e. The monoisotopic (exact) mass is 482 g/mol. The third-order valence-corrected chi connectivity index (χ3v) is 6.88. The maximum Gasteiger partial charge on any atom is 0.341 e. The molecule has 7 nitrogen and oxygen atoms in total. The van der Waals surface area contributed by atoms with Crippen LogP contribution in [0.15, 0.2) is 71.9 Å². The number of carbonyl (C=O) groups is 1. The van der Waals surface area contributed by atoms with Crippen LogP contribution in [-0.2, 0) is 14.8 Å². The normalized spacial score (nSPS) is 12.3. The van der Waals surface area contributed by atoms with Crippen LogP contribution in [0.2, 0.25) is 0 Å². The van der Waals surface area contributed by atoms with Gasteiger partial charge < -0.3 is 9.84 Å². The summed E-state index contributed by atoms with van der Waals surface area (Å²) in [5, 5.41) is 8.86. The SMILES string of the molecule is CCCCCC(NS(=O)(=O)c1ccc(-c2cncc(C)c2)cc1)c1cccc(OCC(=O)O)c1. The van der Waals surface area contributed by atoms with Gasteiger partial charge in [-0.25, -0.2) is 17.9 Å². The summed E-state index contributed by atoms with van der Waals surface area (Å²) in [5.74, 6) is -0.689. The van der Waals surface area contributed by atoms with Gasteiger partial charge >= 0.3 is 5.97 Å². The van der Waals surface area contributed by atoms with Crippen molar-refractivity contribution in [1.82, 2.24) is 9.71 Å². The number of carboxylic acids is 1. The van der Waals surface area contributed by atoms with Gasteiger partial charge in [0.15, 0.2) is 6.61 Å². The van der Waals surface area contributed by atoms with Crippen LogP contribution in [0.25, 0.3) is 11.1 Å². The van der Waals surface area contributed by atoms with Gasteiger partial charge in [-0.15, -0.1) is 0 Å². The number of rotatable bonds is 12. The van der Waals surface area contributed by atoms with Crippen molar-refractivity contribution in [2.24, 2.45) is 0 Å². The first-order chi connectivity index (χ1) is 16.3. The van der Waals surface area contributed by atoms with Gasteiger partial charge in [0, 0.05) is 24.0 Å². The molecule has 3 aromatic rings. The van der Waals surface area contributed by atoms with Crippen LogP contribution in [0.1, 0.15) is 49.8 Å². The topological polar surface area (TPSA) is 106 Å². The first-order valence-corrected chi connectivity index (χ1v) is 12.8. The second-order valence-corrected chi connectivity index (χ2v) is 9.91. The van der Waals surface area contributed by atoms with Crippen LogP contribution in [0.4, 0.5) is 0 Å². The summed E-state index contributed by atoms with van der Waals surface area (Å²) in [4.78, 5) is 15.2.